The molecular formula is C20H44O8S4Si. The van der Waals surface area contributed by atoms with Crippen LogP contribution in [-0.2, 0) is 0 Å². The number of aliphatic hydroxyl groups is 8. The van der Waals surface area contributed by atoms with Gasteiger partial charge in [-0.3, -0.25) is 0 Å². The number of thioether (sulfide) groups is 4. The predicted octanol–water partition coefficient (Wildman–Crippen LogP) is -0.219. The van der Waals surface area contributed by atoms with Gasteiger partial charge in [0.15, 0.2) is 0 Å². The molecular weight excluding hydrogens is 525 g/mol. The summed E-state index contributed by atoms with van der Waals surface area (Å²) in [7, 11) is -1.78. The van der Waals surface area contributed by atoms with Crippen LogP contribution in [0.1, 0.15) is 0 Å². The molecule has 0 fully saturated rings. The Kier molecular flexibility index (Phi) is 23.4. The number of aliphatic hydroxyl groups excluding tert-OH is 8. The molecule has 0 amide bonds. The minimum atomic E-state index is -1.78. The van der Waals surface area contributed by atoms with E-state index in [0.29, 0.717) is 23.0 Å². The largest absolute Gasteiger partial charge is 0.394 e. The van der Waals surface area contributed by atoms with E-state index in [2.05, 4.69) is 0 Å². The summed E-state index contributed by atoms with van der Waals surface area (Å²) in [6, 6.07) is 4.19. The standard InChI is InChI=1S/C20H44O8S4Si/c21-9-17(25)13-29-1-5-33(6-2-30-14-18(26)10-22,7-3-31-15-19(27)11-23)8-4-32-16-20(28)12-24/h17-28H,1-16H2. The lowest BCUT2D eigenvalue weighted by molar-refractivity contribution is 0.113. The van der Waals surface area contributed by atoms with Crippen molar-refractivity contribution in [1.82, 2.24) is 0 Å². The van der Waals surface area contributed by atoms with E-state index >= 15 is 0 Å². The normalized spacial score (nSPS) is 17.5. The molecule has 0 heterocycles. The van der Waals surface area contributed by atoms with Crippen LogP contribution in [0, 0.1) is 0 Å². The molecule has 0 aromatic carbocycles. The van der Waals surface area contributed by atoms with Crippen molar-refractivity contribution in [3.8, 4) is 0 Å². The van der Waals surface area contributed by atoms with Gasteiger partial charge in [0.05, 0.1) is 58.9 Å². The third-order valence-electron chi connectivity index (χ3n) is 5.19. The van der Waals surface area contributed by atoms with E-state index in [1.54, 1.807) is 47.0 Å². The van der Waals surface area contributed by atoms with E-state index in [1.807, 2.05) is 0 Å². The van der Waals surface area contributed by atoms with E-state index in [9.17, 15) is 20.4 Å². The van der Waals surface area contributed by atoms with Gasteiger partial charge in [-0.15, -0.1) is 0 Å². The second-order valence-corrected chi connectivity index (χ2v) is 17.7. The molecule has 33 heavy (non-hydrogen) atoms. The maximum absolute atomic E-state index is 9.63. The van der Waals surface area contributed by atoms with Crippen molar-refractivity contribution >= 4 is 55.1 Å². The van der Waals surface area contributed by atoms with Gasteiger partial charge in [0.1, 0.15) is 0 Å². The van der Waals surface area contributed by atoms with Crippen molar-refractivity contribution in [2.24, 2.45) is 0 Å². The molecule has 0 aromatic rings. The Morgan fingerprint density at radius 2 is 0.636 bits per heavy atom. The molecule has 0 spiro atoms. The second-order valence-electron chi connectivity index (χ2n) is 8.15. The van der Waals surface area contributed by atoms with Crippen LogP contribution in [-0.4, -0.2) is 146 Å². The molecule has 4 atom stereocenters. The quantitative estimate of drug-likeness (QED) is 0.0572. The van der Waals surface area contributed by atoms with Gasteiger partial charge in [0.2, 0.25) is 0 Å². The molecule has 0 aliphatic heterocycles. The summed E-state index contributed by atoms with van der Waals surface area (Å²) in [5.74, 6) is 5.53. The van der Waals surface area contributed by atoms with Gasteiger partial charge in [-0.05, 0) is 47.2 Å². The van der Waals surface area contributed by atoms with Crippen molar-refractivity contribution in [3.63, 3.8) is 0 Å². The Bertz CT molecular complexity index is 367. The fraction of sp³-hybridized carbons (Fsp3) is 1.00. The minimum absolute atomic E-state index is 0.243. The van der Waals surface area contributed by atoms with E-state index in [-0.39, 0.29) is 26.4 Å². The topological polar surface area (TPSA) is 162 Å². The number of hydrogen-bond acceptors (Lipinski definition) is 12. The molecule has 13 heteroatoms. The third-order valence-corrected chi connectivity index (χ3v) is 16.3. The van der Waals surface area contributed by atoms with E-state index < -0.39 is 32.5 Å². The zero-order chi connectivity index (χ0) is 25.0. The Labute approximate surface area is 216 Å². The summed E-state index contributed by atoms with van der Waals surface area (Å²) in [6.07, 6.45) is -2.86. The Morgan fingerprint density at radius 3 is 0.818 bits per heavy atom. The fourth-order valence-electron chi connectivity index (χ4n) is 2.99. The van der Waals surface area contributed by atoms with Gasteiger partial charge in [-0.2, -0.15) is 47.0 Å². The minimum Gasteiger partial charge on any atom is -0.394 e. The van der Waals surface area contributed by atoms with Gasteiger partial charge >= 0.3 is 0 Å². The number of hydrogen-bond donors (Lipinski definition) is 8. The molecule has 200 valence electrons. The van der Waals surface area contributed by atoms with Crippen LogP contribution in [0.5, 0.6) is 0 Å². The van der Waals surface area contributed by atoms with E-state index in [1.165, 1.54) is 0 Å². The fourth-order valence-corrected chi connectivity index (χ4v) is 15.9. The summed E-state index contributed by atoms with van der Waals surface area (Å²) in [5.41, 5.74) is 0. The molecule has 0 rings (SSSR count). The zero-order valence-corrected chi connectivity index (χ0v) is 23.6. The first-order valence-corrected chi connectivity index (χ1v) is 18.7. The highest BCUT2D eigenvalue weighted by Gasteiger charge is 2.31. The Morgan fingerprint density at radius 1 is 0.424 bits per heavy atom. The molecule has 8 nitrogen and oxygen atoms in total. The summed E-state index contributed by atoms with van der Waals surface area (Å²) in [6.45, 7) is -0.972. The van der Waals surface area contributed by atoms with Crippen LogP contribution in [0.15, 0.2) is 0 Å². The lowest BCUT2D eigenvalue weighted by Gasteiger charge is -2.32. The molecule has 8 N–H and O–H groups in total. The van der Waals surface area contributed by atoms with Crippen LogP contribution < -0.4 is 0 Å². The van der Waals surface area contributed by atoms with Gasteiger partial charge in [0.25, 0.3) is 0 Å². The molecule has 0 aliphatic rings. The molecule has 4 unspecified atom stereocenters. The highest BCUT2D eigenvalue weighted by Crippen LogP contribution is 2.33. The highest BCUT2D eigenvalue weighted by molar-refractivity contribution is 8.00. The maximum Gasteiger partial charge on any atom is 0.0861 e. The Hall–Kier alpha value is 1.30. The van der Waals surface area contributed by atoms with Crippen LogP contribution >= 0.6 is 47.0 Å². The van der Waals surface area contributed by atoms with Gasteiger partial charge in [0, 0.05) is 23.0 Å². The van der Waals surface area contributed by atoms with Crippen LogP contribution in [0.25, 0.3) is 0 Å². The molecule has 0 radical (unpaired) electrons. The first kappa shape index (κ1) is 34.3. The van der Waals surface area contributed by atoms with Gasteiger partial charge < -0.3 is 40.9 Å². The van der Waals surface area contributed by atoms with Crippen molar-refractivity contribution in [1.29, 1.82) is 0 Å². The summed E-state index contributed by atoms with van der Waals surface area (Å²) >= 11 is 6.56. The molecule has 0 aromatic heterocycles. The summed E-state index contributed by atoms with van der Waals surface area (Å²) < 4.78 is 0. The van der Waals surface area contributed by atoms with Crippen LogP contribution in [0.2, 0.25) is 24.2 Å². The Balaban J connectivity index is 5.02. The van der Waals surface area contributed by atoms with Gasteiger partial charge in [-0.25, -0.2) is 0 Å². The first-order chi connectivity index (χ1) is 15.8. The van der Waals surface area contributed by atoms with Crippen molar-refractivity contribution in [2.45, 2.75) is 48.6 Å². The second kappa shape index (κ2) is 22.5. The third kappa shape index (κ3) is 19.1. The first-order valence-electron chi connectivity index (χ1n) is 11.3. The van der Waals surface area contributed by atoms with Crippen LogP contribution in [0.4, 0.5) is 0 Å². The molecule has 0 aliphatic carbocycles. The van der Waals surface area contributed by atoms with Crippen molar-refractivity contribution in [2.75, 3.05) is 72.5 Å². The van der Waals surface area contributed by atoms with Crippen LogP contribution in [0.3, 0.4) is 0 Å². The average Bonchev–Trinajstić information content (AvgIpc) is 2.83. The zero-order valence-electron chi connectivity index (χ0n) is 19.3. The lowest BCUT2D eigenvalue weighted by atomic mass is 10.4. The highest BCUT2D eigenvalue weighted by atomic mass is 32.2. The lowest BCUT2D eigenvalue weighted by Crippen LogP contribution is -2.37. The monoisotopic (exact) mass is 568 g/mol. The molecule has 0 saturated heterocycles. The smallest absolute Gasteiger partial charge is 0.0861 e. The van der Waals surface area contributed by atoms with Crippen molar-refractivity contribution in [3.05, 3.63) is 0 Å². The molecule has 0 bridgehead atoms. The summed E-state index contributed by atoms with van der Waals surface area (Å²) in [4.78, 5) is 0. The summed E-state index contributed by atoms with van der Waals surface area (Å²) in [5, 5.41) is 74.7. The maximum atomic E-state index is 9.63. The van der Waals surface area contributed by atoms with E-state index in [4.69, 9.17) is 20.4 Å². The number of rotatable bonds is 24. The average molecular weight is 569 g/mol. The predicted molar refractivity (Wildman–Crippen MR) is 147 cm³/mol. The molecule has 0 saturated carbocycles. The van der Waals surface area contributed by atoms with E-state index in [0.717, 1.165) is 47.2 Å². The SMILES string of the molecule is OCC(O)CSCC[Si](CCSCC(O)CO)(CCSCC(O)CO)CCSCC(O)CO. The van der Waals surface area contributed by atoms with Gasteiger partial charge in [-0.1, -0.05) is 0 Å². The van der Waals surface area contributed by atoms with Crippen molar-refractivity contribution < 1.29 is 40.9 Å².